The summed E-state index contributed by atoms with van der Waals surface area (Å²) in [7, 11) is 0. The van der Waals surface area contributed by atoms with Crippen LogP contribution in [0.3, 0.4) is 0 Å². The molecule has 0 atom stereocenters. The first-order valence-corrected chi connectivity index (χ1v) is 4.19. The molecule has 0 bridgehead atoms. The summed E-state index contributed by atoms with van der Waals surface area (Å²) in [6.45, 7) is 0. The number of nitrogens with two attached hydrogens (primary N) is 1. The van der Waals surface area contributed by atoms with E-state index < -0.39 is 5.91 Å². The van der Waals surface area contributed by atoms with Gasteiger partial charge in [0.15, 0.2) is 0 Å². The van der Waals surface area contributed by atoms with Crippen molar-refractivity contribution >= 4 is 23.1 Å². The predicted molar refractivity (Wildman–Crippen MR) is 54.2 cm³/mol. The maximum atomic E-state index is 10.6. The van der Waals surface area contributed by atoms with Gasteiger partial charge in [0.1, 0.15) is 6.07 Å². The summed E-state index contributed by atoms with van der Waals surface area (Å²) in [4.78, 5) is 10.6. The normalized spacial score (nSPS) is 10.7. The van der Waals surface area contributed by atoms with Crippen molar-refractivity contribution in [3.63, 3.8) is 0 Å². The van der Waals surface area contributed by atoms with Crippen LogP contribution < -0.4 is 5.73 Å². The van der Waals surface area contributed by atoms with E-state index in [4.69, 9.17) is 22.6 Å². The Kier molecular flexibility index (Phi) is 3.27. The van der Waals surface area contributed by atoms with E-state index in [0.29, 0.717) is 10.6 Å². The number of carbonyl (C=O) groups excluding carboxylic acids is 1. The third-order valence-electron chi connectivity index (χ3n) is 1.57. The Morgan fingerprint density at radius 1 is 1.50 bits per heavy atom. The molecule has 0 aliphatic rings. The van der Waals surface area contributed by atoms with E-state index in [1.54, 1.807) is 24.3 Å². The van der Waals surface area contributed by atoms with Gasteiger partial charge in [0.05, 0.1) is 5.57 Å². The van der Waals surface area contributed by atoms with Gasteiger partial charge in [-0.05, 0) is 6.07 Å². The summed E-state index contributed by atoms with van der Waals surface area (Å²) in [6.07, 6.45) is 1.06. The van der Waals surface area contributed by atoms with Gasteiger partial charge in [0.25, 0.3) is 0 Å². The molecule has 1 aromatic carbocycles. The standard InChI is InChI=1S/C10H7ClN2O/c11-9-4-2-1-3-8(9)7(6-12)5-10(13)14/h1-5H,(H2,13,14)/b7-5+. The highest BCUT2D eigenvalue weighted by molar-refractivity contribution is 6.32. The lowest BCUT2D eigenvalue weighted by Gasteiger charge is -2.00. The van der Waals surface area contributed by atoms with Gasteiger partial charge in [-0.1, -0.05) is 29.8 Å². The van der Waals surface area contributed by atoms with Gasteiger partial charge in [-0.3, -0.25) is 4.79 Å². The van der Waals surface area contributed by atoms with Gasteiger partial charge < -0.3 is 5.73 Å². The Bertz CT molecular complexity index is 432. The fraction of sp³-hybridized carbons (Fsp3) is 0. The van der Waals surface area contributed by atoms with Crippen LogP contribution in [0.5, 0.6) is 0 Å². The van der Waals surface area contributed by atoms with Gasteiger partial charge in [-0.25, -0.2) is 0 Å². The Balaban J connectivity index is 3.22. The van der Waals surface area contributed by atoms with Crippen molar-refractivity contribution in [1.82, 2.24) is 0 Å². The van der Waals surface area contributed by atoms with Gasteiger partial charge in [-0.15, -0.1) is 0 Å². The molecule has 0 saturated carbocycles. The minimum atomic E-state index is -0.665. The average molecular weight is 207 g/mol. The minimum absolute atomic E-state index is 0.170. The second-order valence-corrected chi connectivity index (χ2v) is 2.96. The maximum absolute atomic E-state index is 10.6. The third kappa shape index (κ3) is 2.35. The van der Waals surface area contributed by atoms with Crippen molar-refractivity contribution < 1.29 is 4.79 Å². The molecule has 0 aromatic heterocycles. The molecule has 1 amide bonds. The van der Waals surface area contributed by atoms with E-state index in [2.05, 4.69) is 0 Å². The summed E-state index contributed by atoms with van der Waals surface area (Å²) in [5, 5.41) is 9.19. The van der Waals surface area contributed by atoms with E-state index in [0.717, 1.165) is 6.08 Å². The molecule has 0 aliphatic heterocycles. The van der Waals surface area contributed by atoms with Crippen molar-refractivity contribution in [2.75, 3.05) is 0 Å². The number of nitriles is 1. The number of allylic oxidation sites excluding steroid dienone is 1. The van der Waals surface area contributed by atoms with Crippen LogP contribution in [0.4, 0.5) is 0 Å². The number of hydrogen-bond acceptors (Lipinski definition) is 2. The molecular formula is C10H7ClN2O. The Labute approximate surface area is 86.4 Å². The van der Waals surface area contributed by atoms with Crippen LogP contribution in [-0.2, 0) is 4.79 Å². The zero-order valence-corrected chi connectivity index (χ0v) is 7.95. The highest BCUT2D eigenvalue weighted by Crippen LogP contribution is 2.22. The zero-order valence-electron chi connectivity index (χ0n) is 7.20. The van der Waals surface area contributed by atoms with Crippen molar-refractivity contribution in [2.45, 2.75) is 0 Å². The molecule has 0 aliphatic carbocycles. The van der Waals surface area contributed by atoms with Crippen LogP contribution in [0.25, 0.3) is 5.57 Å². The minimum Gasteiger partial charge on any atom is -0.366 e. The molecule has 0 unspecified atom stereocenters. The van der Waals surface area contributed by atoms with Crippen LogP contribution in [-0.4, -0.2) is 5.91 Å². The topological polar surface area (TPSA) is 66.9 Å². The first-order chi connectivity index (χ1) is 6.65. The molecule has 70 valence electrons. The van der Waals surface area contributed by atoms with E-state index in [-0.39, 0.29) is 5.57 Å². The SMILES string of the molecule is N#C/C(=C\C(N)=O)c1ccccc1Cl. The van der Waals surface area contributed by atoms with Crippen molar-refractivity contribution in [2.24, 2.45) is 5.73 Å². The molecule has 0 saturated heterocycles. The molecule has 0 fully saturated rings. The second-order valence-electron chi connectivity index (χ2n) is 2.55. The number of benzene rings is 1. The molecule has 14 heavy (non-hydrogen) atoms. The molecule has 0 radical (unpaired) electrons. The van der Waals surface area contributed by atoms with Gasteiger partial charge >= 0.3 is 0 Å². The van der Waals surface area contributed by atoms with Crippen LogP contribution >= 0.6 is 11.6 Å². The van der Waals surface area contributed by atoms with Crippen LogP contribution in [0.2, 0.25) is 5.02 Å². The van der Waals surface area contributed by atoms with E-state index in [1.165, 1.54) is 0 Å². The number of amides is 1. The Morgan fingerprint density at radius 3 is 2.64 bits per heavy atom. The Morgan fingerprint density at radius 2 is 2.14 bits per heavy atom. The van der Waals surface area contributed by atoms with Crippen molar-refractivity contribution in [3.05, 3.63) is 40.9 Å². The molecular weight excluding hydrogens is 200 g/mol. The average Bonchev–Trinajstić information content (AvgIpc) is 2.15. The molecule has 2 N–H and O–H groups in total. The molecule has 3 nitrogen and oxygen atoms in total. The Hall–Kier alpha value is -1.79. The zero-order chi connectivity index (χ0) is 10.6. The summed E-state index contributed by atoms with van der Waals surface area (Å²) < 4.78 is 0. The lowest BCUT2D eigenvalue weighted by Crippen LogP contribution is -2.06. The summed E-state index contributed by atoms with van der Waals surface area (Å²) in [6, 6.07) is 8.63. The molecule has 4 heteroatoms. The lowest BCUT2D eigenvalue weighted by atomic mass is 10.1. The van der Waals surface area contributed by atoms with E-state index in [9.17, 15) is 4.79 Å². The van der Waals surface area contributed by atoms with E-state index in [1.807, 2.05) is 6.07 Å². The monoisotopic (exact) mass is 206 g/mol. The van der Waals surface area contributed by atoms with Crippen molar-refractivity contribution in [3.8, 4) is 6.07 Å². The highest BCUT2D eigenvalue weighted by Gasteiger charge is 2.05. The number of primary amides is 1. The number of hydrogen-bond donors (Lipinski definition) is 1. The van der Waals surface area contributed by atoms with E-state index >= 15 is 0 Å². The maximum Gasteiger partial charge on any atom is 0.242 e. The third-order valence-corrected chi connectivity index (χ3v) is 1.90. The summed E-state index contributed by atoms with van der Waals surface area (Å²) >= 11 is 5.84. The summed E-state index contributed by atoms with van der Waals surface area (Å²) in [5.41, 5.74) is 5.63. The lowest BCUT2D eigenvalue weighted by molar-refractivity contribution is -0.113. The van der Waals surface area contributed by atoms with Crippen molar-refractivity contribution in [1.29, 1.82) is 5.26 Å². The number of carbonyl (C=O) groups is 1. The van der Waals surface area contributed by atoms with Gasteiger partial charge in [-0.2, -0.15) is 5.26 Å². The second kappa shape index (κ2) is 4.45. The predicted octanol–water partition coefficient (Wildman–Crippen LogP) is 1.73. The highest BCUT2D eigenvalue weighted by atomic mass is 35.5. The van der Waals surface area contributed by atoms with Crippen LogP contribution in [0.15, 0.2) is 30.3 Å². The number of nitrogens with zero attached hydrogens (tertiary/aromatic N) is 1. The summed E-state index contributed by atoms with van der Waals surface area (Å²) in [5.74, 6) is -0.665. The molecule has 1 aromatic rings. The van der Waals surface area contributed by atoms with Gasteiger partial charge in [0, 0.05) is 16.7 Å². The fourth-order valence-electron chi connectivity index (χ4n) is 0.992. The van der Waals surface area contributed by atoms with Crippen LogP contribution in [0, 0.1) is 11.3 Å². The largest absolute Gasteiger partial charge is 0.366 e. The first-order valence-electron chi connectivity index (χ1n) is 3.81. The van der Waals surface area contributed by atoms with Gasteiger partial charge in [0.2, 0.25) is 5.91 Å². The fourth-order valence-corrected chi connectivity index (χ4v) is 1.23. The molecule has 0 spiro atoms. The number of halogens is 1. The molecule has 1 rings (SSSR count). The quantitative estimate of drug-likeness (QED) is 0.592. The first kappa shape index (κ1) is 10.3. The molecule has 0 heterocycles. The van der Waals surface area contributed by atoms with Crippen LogP contribution in [0.1, 0.15) is 5.56 Å². The smallest absolute Gasteiger partial charge is 0.242 e. The number of rotatable bonds is 2.